The van der Waals surface area contributed by atoms with Gasteiger partial charge in [-0.1, -0.05) is 6.07 Å². The molecular formula is C23H27N5O. The standard InChI is InChI=1S/C23H27N5O/c1-19-6-9-23(25-15-19)28-13-3-5-21(28)16-27(17-22-8-7-20(2)29-22)12-4-11-26-14-10-24-18-26/h3,5-10,13-15,18H,4,11-12,16-17H2,1-2H3. The highest BCUT2D eigenvalue weighted by molar-refractivity contribution is 5.29. The summed E-state index contributed by atoms with van der Waals surface area (Å²) in [5, 5.41) is 0. The summed E-state index contributed by atoms with van der Waals surface area (Å²) in [6, 6.07) is 12.5. The van der Waals surface area contributed by atoms with Crippen molar-refractivity contribution in [2.75, 3.05) is 6.54 Å². The molecule has 0 spiro atoms. The number of rotatable bonds is 9. The maximum Gasteiger partial charge on any atom is 0.136 e. The van der Waals surface area contributed by atoms with Gasteiger partial charge in [-0.2, -0.15) is 0 Å². The molecular weight excluding hydrogens is 362 g/mol. The first-order chi connectivity index (χ1) is 14.2. The lowest BCUT2D eigenvalue weighted by atomic mass is 10.3. The largest absolute Gasteiger partial charge is 0.465 e. The van der Waals surface area contributed by atoms with E-state index in [1.807, 2.05) is 37.9 Å². The van der Waals surface area contributed by atoms with Crippen molar-refractivity contribution in [2.45, 2.75) is 39.9 Å². The third-order valence-electron chi connectivity index (χ3n) is 4.99. The van der Waals surface area contributed by atoms with Crippen LogP contribution in [0.3, 0.4) is 0 Å². The number of hydrogen-bond acceptors (Lipinski definition) is 4. The zero-order chi connectivity index (χ0) is 20.1. The van der Waals surface area contributed by atoms with E-state index in [0.717, 1.165) is 55.5 Å². The number of nitrogens with zero attached hydrogens (tertiary/aromatic N) is 5. The summed E-state index contributed by atoms with van der Waals surface area (Å²) in [4.78, 5) is 11.1. The first kappa shape index (κ1) is 19.2. The Kier molecular flexibility index (Phi) is 5.91. The number of hydrogen-bond donors (Lipinski definition) is 0. The maximum atomic E-state index is 5.84. The summed E-state index contributed by atoms with van der Waals surface area (Å²) in [7, 11) is 0. The van der Waals surface area contributed by atoms with E-state index in [0.29, 0.717) is 0 Å². The molecule has 0 amide bonds. The van der Waals surface area contributed by atoms with Crippen LogP contribution in [0.1, 0.15) is 29.2 Å². The molecule has 0 saturated heterocycles. The summed E-state index contributed by atoms with van der Waals surface area (Å²) in [5.41, 5.74) is 2.38. The lowest BCUT2D eigenvalue weighted by Gasteiger charge is -2.22. The zero-order valence-corrected chi connectivity index (χ0v) is 17.0. The van der Waals surface area contributed by atoms with E-state index in [1.165, 1.54) is 5.69 Å². The van der Waals surface area contributed by atoms with Crippen LogP contribution in [0.4, 0.5) is 0 Å². The van der Waals surface area contributed by atoms with Gasteiger partial charge < -0.3 is 13.6 Å². The Hall–Kier alpha value is -3.12. The Morgan fingerprint density at radius 3 is 2.69 bits per heavy atom. The fourth-order valence-corrected chi connectivity index (χ4v) is 3.50. The fraction of sp³-hybridized carbons (Fsp3) is 0.304. The number of pyridine rings is 1. The van der Waals surface area contributed by atoms with E-state index < -0.39 is 0 Å². The second kappa shape index (κ2) is 8.92. The van der Waals surface area contributed by atoms with Gasteiger partial charge in [-0.3, -0.25) is 4.90 Å². The molecule has 0 atom stereocenters. The Balaban J connectivity index is 1.48. The zero-order valence-electron chi connectivity index (χ0n) is 17.0. The molecule has 0 radical (unpaired) electrons. The number of furan rings is 1. The van der Waals surface area contributed by atoms with Crippen molar-refractivity contribution in [2.24, 2.45) is 0 Å². The smallest absolute Gasteiger partial charge is 0.136 e. The van der Waals surface area contributed by atoms with Gasteiger partial charge in [-0.05, 0) is 56.2 Å². The normalized spacial score (nSPS) is 11.4. The molecule has 0 aliphatic carbocycles. The van der Waals surface area contributed by atoms with Gasteiger partial charge >= 0.3 is 0 Å². The number of aromatic nitrogens is 4. The lowest BCUT2D eigenvalue weighted by Crippen LogP contribution is -2.26. The summed E-state index contributed by atoms with van der Waals surface area (Å²) >= 11 is 0. The minimum Gasteiger partial charge on any atom is -0.465 e. The van der Waals surface area contributed by atoms with E-state index in [4.69, 9.17) is 4.42 Å². The molecule has 6 nitrogen and oxygen atoms in total. The van der Waals surface area contributed by atoms with E-state index in [1.54, 1.807) is 0 Å². The fourth-order valence-electron chi connectivity index (χ4n) is 3.50. The van der Waals surface area contributed by atoms with Gasteiger partial charge in [-0.25, -0.2) is 9.97 Å². The molecule has 6 heteroatoms. The van der Waals surface area contributed by atoms with Crippen LogP contribution in [0.15, 0.2) is 71.9 Å². The van der Waals surface area contributed by atoms with Crippen LogP contribution in [0.2, 0.25) is 0 Å². The van der Waals surface area contributed by atoms with Crippen LogP contribution in [0, 0.1) is 13.8 Å². The summed E-state index contributed by atoms with van der Waals surface area (Å²) in [5.74, 6) is 2.89. The molecule has 0 aromatic carbocycles. The van der Waals surface area contributed by atoms with E-state index in [-0.39, 0.29) is 0 Å². The van der Waals surface area contributed by atoms with Crippen molar-refractivity contribution in [3.8, 4) is 5.82 Å². The minimum atomic E-state index is 0.782. The molecule has 4 aromatic heterocycles. The van der Waals surface area contributed by atoms with Crippen molar-refractivity contribution >= 4 is 0 Å². The van der Waals surface area contributed by atoms with Crippen LogP contribution >= 0.6 is 0 Å². The highest BCUT2D eigenvalue weighted by Crippen LogP contribution is 2.17. The van der Waals surface area contributed by atoms with E-state index in [9.17, 15) is 0 Å². The monoisotopic (exact) mass is 389 g/mol. The van der Waals surface area contributed by atoms with Gasteiger partial charge in [0.1, 0.15) is 17.3 Å². The van der Waals surface area contributed by atoms with Gasteiger partial charge in [0, 0.05) is 50.1 Å². The predicted octanol–water partition coefficient (Wildman–Crippen LogP) is 4.37. The van der Waals surface area contributed by atoms with Crippen LogP contribution in [0.25, 0.3) is 5.82 Å². The molecule has 0 saturated carbocycles. The predicted molar refractivity (Wildman–Crippen MR) is 113 cm³/mol. The maximum absolute atomic E-state index is 5.84. The molecule has 0 fully saturated rings. The van der Waals surface area contributed by atoms with Crippen molar-refractivity contribution in [1.82, 2.24) is 24.0 Å². The Morgan fingerprint density at radius 1 is 1.03 bits per heavy atom. The number of imidazole rings is 1. The second-order valence-electron chi connectivity index (χ2n) is 7.44. The second-order valence-corrected chi connectivity index (χ2v) is 7.44. The molecule has 0 aliphatic rings. The summed E-state index contributed by atoms with van der Waals surface area (Å²) in [6.45, 7) is 7.57. The molecule has 4 heterocycles. The molecule has 29 heavy (non-hydrogen) atoms. The van der Waals surface area contributed by atoms with Crippen molar-refractivity contribution in [1.29, 1.82) is 0 Å². The van der Waals surface area contributed by atoms with Gasteiger partial charge in [0.25, 0.3) is 0 Å². The molecule has 4 aromatic rings. The van der Waals surface area contributed by atoms with Crippen LogP contribution in [0.5, 0.6) is 0 Å². The molecule has 150 valence electrons. The van der Waals surface area contributed by atoms with Crippen LogP contribution < -0.4 is 0 Å². The summed E-state index contributed by atoms with van der Waals surface area (Å²) < 4.78 is 10.1. The minimum absolute atomic E-state index is 0.782. The van der Waals surface area contributed by atoms with Crippen LogP contribution in [-0.2, 0) is 19.6 Å². The molecule has 4 rings (SSSR count). The molecule has 0 aliphatic heterocycles. The molecule has 0 N–H and O–H groups in total. The topological polar surface area (TPSA) is 52.0 Å². The lowest BCUT2D eigenvalue weighted by molar-refractivity contribution is 0.224. The van der Waals surface area contributed by atoms with E-state index >= 15 is 0 Å². The third kappa shape index (κ3) is 5.03. The molecule has 0 unspecified atom stereocenters. The number of aryl methyl sites for hydroxylation is 3. The van der Waals surface area contributed by atoms with Crippen LogP contribution in [-0.4, -0.2) is 30.5 Å². The van der Waals surface area contributed by atoms with Gasteiger partial charge in [0.2, 0.25) is 0 Å². The molecule has 0 bridgehead atoms. The third-order valence-corrected chi connectivity index (χ3v) is 4.99. The van der Waals surface area contributed by atoms with Crippen molar-refractivity contribution in [3.63, 3.8) is 0 Å². The Bertz CT molecular complexity index is 1010. The Labute approximate surface area is 171 Å². The van der Waals surface area contributed by atoms with Crippen molar-refractivity contribution in [3.05, 3.63) is 90.3 Å². The Morgan fingerprint density at radius 2 is 1.97 bits per heavy atom. The average Bonchev–Trinajstić information content (AvgIpc) is 3.46. The van der Waals surface area contributed by atoms with Gasteiger partial charge in [0.05, 0.1) is 12.9 Å². The SMILES string of the molecule is Cc1ccc(-n2cccc2CN(CCCn2ccnc2)Cc2ccc(C)o2)nc1. The van der Waals surface area contributed by atoms with E-state index in [2.05, 4.69) is 67.5 Å². The highest BCUT2D eigenvalue weighted by Gasteiger charge is 2.13. The van der Waals surface area contributed by atoms with Gasteiger partial charge in [-0.15, -0.1) is 0 Å². The highest BCUT2D eigenvalue weighted by atomic mass is 16.3. The van der Waals surface area contributed by atoms with Gasteiger partial charge in [0.15, 0.2) is 0 Å². The van der Waals surface area contributed by atoms with Crippen molar-refractivity contribution < 1.29 is 4.42 Å². The quantitative estimate of drug-likeness (QED) is 0.426. The average molecular weight is 390 g/mol. The summed E-state index contributed by atoms with van der Waals surface area (Å²) in [6.07, 6.45) is 10.7. The first-order valence-corrected chi connectivity index (χ1v) is 10.00. The first-order valence-electron chi connectivity index (χ1n) is 10.00.